The summed E-state index contributed by atoms with van der Waals surface area (Å²) in [6.45, 7) is 7.44. The van der Waals surface area contributed by atoms with E-state index in [0.29, 0.717) is 19.7 Å². The van der Waals surface area contributed by atoms with E-state index < -0.39 is 0 Å². The molecule has 0 aromatic heterocycles. The first-order chi connectivity index (χ1) is 14.1. The minimum atomic E-state index is -0.206. The molecule has 1 heterocycles. The molecule has 0 amide bonds. The zero-order chi connectivity index (χ0) is 20.5. The highest BCUT2D eigenvalue weighted by Crippen LogP contribution is 2.24. The number of guanidine groups is 1. The summed E-state index contributed by atoms with van der Waals surface area (Å²) in [6.07, 6.45) is 1.75. The molecule has 1 saturated heterocycles. The summed E-state index contributed by atoms with van der Waals surface area (Å²) < 4.78 is 24.9. The summed E-state index contributed by atoms with van der Waals surface area (Å²) >= 11 is 0. The van der Waals surface area contributed by atoms with E-state index in [0.717, 1.165) is 54.4 Å². The van der Waals surface area contributed by atoms with Gasteiger partial charge >= 0.3 is 0 Å². The number of rotatable bonds is 8. The van der Waals surface area contributed by atoms with Crippen LogP contribution in [0.5, 0.6) is 5.75 Å². The third-order valence-corrected chi connectivity index (χ3v) is 4.75. The van der Waals surface area contributed by atoms with Gasteiger partial charge in [-0.05, 0) is 49.6 Å². The molecule has 0 radical (unpaired) electrons. The van der Waals surface area contributed by atoms with Gasteiger partial charge in [0.15, 0.2) is 5.96 Å². The van der Waals surface area contributed by atoms with Crippen LogP contribution in [0.4, 0.5) is 4.39 Å². The second-order valence-electron chi connectivity index (χ2n) is 7.22. The number of hydrogen-bond acceptors (Lipinski definition) is 3. The molecule has 1 atom stereocenters. The van der Waals surface area contributed by atoms with Crippen molar-refractivity contribution in [2.75, 3.05) is 26.3 Å². The molecule has 1 aliphatic heterocycles. The summed E-state index contributed by atoms with van der Waals surface area (Å²) in [5.74, 6) is 1.40. The van der Waals surface area contributed by atoms with Crippen LogP contribution < -0.4 is 15.4 Å². The molecule has 0 bridgehead atoms. The number of ether oxygens (including phenoxy) is 2. The van der Waals surface area contributed by atoms with Crippen LogP contribution in [0, 0.1) is 12.7 Å². The molecule has 1 fully saturated rings. The van der Waals surface area contributed by atoms with Crippen molar-refractivity contribution in [2.24, 2.45) is 4.99 Å². The monoisotopic (exact) mass is 527 g/mol. The van der Waals surface area contributed by atoms with E-state index in [1.807, 2.05) is 13.0 Å². The van der Waals surface area contributed by atoms with Crippen molar-refractivity contribution in [3.63, 3.8) is 0 Å². The maximum Gasteiger partial charge on any atom is 0.191 e. The molecule has 5 nitrogen and oxygen atoms in total. The SMILES string of the molecule is CCNC(=NCc1ccc(C)cc1OC1CCOC1)NCCc1cccc(F)c1.I. The van der Waals surface area contributed by atoms with Crippen LogP contribution in [0.25, 0.3) is 0 Å². The highest BCUT2D eigenvalue weighted by Gasteiger charge is 2.18. The number of aryl methyl sites for hydroxylation is 1. The van der Waals surface area contributed by atoms with E-state index >= 15 is 0 Å². The van der Waals surface area contributed by atoms with E-state index in [4.69, 9.17) is 14.5 Å². The topological polar surface area (TPSA) is 54.9 Å². The van der Waals surface area contributed by atoms with Gasteiger partial charge in [0.2, 0.25) is 0 Å². The normalized spacial score (nSPS) is 16.1. The number of nitrogens with zero attached hydrogens (tertiary/aromatic N) is 1. The zero-order valence-electron chi connectivity index (χ0n) is 17.6. The largest absolute Gasteiger partial charge is 0.488 e. The van der Waals surface area contributed by atoms with E-state index in [1.165, 1.54) is 6.07 Å². The lowest BCUT2D eigenvalue weighted by molar-refractivity contribution is 0.140. The maximum absolute atomic E-state index is 13.3. The highest BCUT2D eigenvalue weighted by molar-refractivity contribution is 14.0. The Morgan fingerprint density at radius 3 is 2.83 bits per heavy atom. The van der Waals surface area contributed by atoms with Crippen LogP contribution >= 0.6 is 24.0 Å². The third-order valence-electron chi connectivity index (χ3n) is 4.75. The second-order valence-corrected chi connectivity index (χ2v) is 7.22. The molecule has 164 valence electrons. The fourth-order valence-corrected chi connectivity index (χ4v) is 3.21. The Morgan fingerprint density at radius 1 is 1.23 bits per heavy atom. The number of aliphatic imine (C=N–C) groups is 1. The first-order valence-corrected chi connectivity index (χ1v) is 10.2. The van der Waals surface area contributed by atoms with Crippen molar-refractivity contribution in [2.45, 2.75) is 39.3 Å². The van der Waals surface area contributed by atoms with Crippen molar-refractivity contribution in [1.82, 2.24) is 10.6 Å². The van der Waals surface area contributed by atoms with Gasteiger partial charge in [0.1, 0.15) is 17.7 Å². The van der Waals surface area contributed by atoms with Crippen molar-refractivity contribution in [3.05, 3.63) is 65.0 Å². The molecule has 0 aliphatic carbocycles. The van der Waals surface area contributed by atoms with Crippen LogP contribution in [0.15, 0.2) is 47.5 Å². The van der Waals surface area contributed by atoms with Gasteiger partial charge < -0.3 is 20.1 Å². The van der Waals surface area contributed by atoms with Gasteiger partial charge in [0.25, 0.3) is 0 Å². The van der Waals surface area contributed by atoms with Gasteiger partial charge in [-0.25, -0.2) is 9.38 Å². The third kappa shape index (κ3) is 7.75. The Morgan fingerprint density at radius 2 is 2.10 bits per heavy atom. The summed E-state index contributed by atoms with van der Waals surface area (Å²) in [7, 11) is 0. The Hall–Kier alpha value is -1.87. The van der Waals surface area contributed by atoms with Crippen molar-refractivity contribution < 1.29 is 13.9 Å². The molecule has 0 saturated carbocycles. The molecular formula is C23H31FIN3O2. The van der Waals surface area contributed by atoms with Gasteiger partial charge in [-0.2, -0.15) is 0 Å². The Bertz CT molecular complexity index is 826. The molecule has 2 aromatic rings. The minimum Gasteiger partial charge on any atom is -0.488 e. The summed E-state index contributed by atoms with van der Waals surface area (Å²) in [4.78, 5) is 4.71. The lowest BCUT2D eigenvalue weighted by Gasteiger charge is -2.16. The average molecular weight is 527 g/mol. The van der Waals surface area contributed by atoms with E-state index in [9.17, 15) is 4.39 Å². The zero-order valence-corrected chi connectivity index (χ0v) is 19.9. The lowest BCUT2D eigenvalue weighted by atomic mass is 10.1. The number of benzene rings is 2. The first-order valence-electron chi connectivity index (χ1n) is 10.2. The van der Waals surface area contributed by atoms with Crippen LogP contribution in [0.3, 0.4) is 0 Å². The first kappa shape index (κ1) is 24.4. The molecule has 3 rings (SSSR count). The van der Waals surface area contributed by atoms with Gasteiger partial charge in [0, 0.05) is 25.1 Å². The fourth-order valence-electron chi connectivity index (χ4n) is 3.21. The molecule has 1 unspecified atom stereocenters. The average Bonchev–Trinajstić information content (AvgIpc) is 3.20. The van der Waals surface area contributed by atoms with E-state index in [-0.39, 0.29) is 35.9 Å². The predicted molar refractivity (Wildman–Crippen MR) is 129 cm³/mol. The molecule has 30 heavy (non-hydrogen) atoms. The van der Waals surface area contributed by atoms with E-state index in [1.54, 1.807) is 12.1 Å². The lowest BCUT2D eigenvalue weighted by Crippen LogP contribution is -2.38. The standard InChI is InChI=1S/C23H30FN3O2.HI/c1-3-25-23(26-11-9-18-5-4-6-20(24)14-18)27-15-19-8-7-17(2)13-22(19)29-21-10-12-28-16-21;/h4-8,13-14,21H,3,9-12,15-16H2,1-2H3,(H2,25,26,27);1H. The minimum absolute atomic E-state index is 0. The molecule has 2 aromatic carbocycles. The highest BCUT2D eigenvalue weighted by atomic mass is 127. The predicted octanol–water partition coefficient (Wildman–Crippen LogP) is 4.22. The van der Waals surface area contributed by atoms with Gasteiger partial charge in [-0.1, -0.05) is 24.3 Å². The van der Waals surface area contributed by atoms with Gasteiger partial charge in [-0.3, -0.25) is 0 Å². The van der Waals surface area contributed by atoms with Crippen molar-refractivity contribution in [3.8, 4) is 5.75 Å². The fraction of sp³-hybridized carbons (Fsp3) is 0.435. The smallest absolute Gasteiger partial charge is 0.191 e. The van der Waals surface area contributed by atoms with Gasteiger partial charge in [0.05, 0.1) is 19.8 Å². The van der Waals surface area contributed by atoms with Crippen LogP contribution in [-0.2, 0) is 17.7 Å². The molecule has 7 heteroatoms. The molecular weight excluding hydrogens is 496 g/mol. The van der Waals surface area contributed by atoms with Crippen molar-refractivity contribution >= 4 is 29.9 Å². The second kappa shape index (κ2) is 12.7. The Balaban J connectivity index is 0.00000320. The summed E-state index contributed by atoms with van der Waals surface area (Å²) in [5, 5.41) is 6.58. The Labute approximate surface area is 195 Å². The molecule has 1 aliphatic rings. The summed E-state index contributed by atoms with van der Waals surface area (Å²) in [6, 6.07) is 12.9. The maximum atomic E-state index is 13.3. The molecule has 0 spiro atoms. The van der Waals surface area contributed by atoms with Gasteiger partial charge in [-0.15, -0.1) is 24.0 Å². The van der Waals surface area contributed by atoms with Crippen LogP contribution in [-0.4, -0.2) is 38.4 Å². The number of hydrogen-bond donors (Lipinski definition) is 2. The number of halogens is 2. The van der Waals surface area contributed by atoms with E-state index in [2.05, 4.69) is 35.8 Å². The summed E-state index contributed by atoms with van der Waals surface area (Å²) in [5.41, 5.74) is 3.16. The quantitative estimate of drug-likeness (QED) is 0.307. The number of nitrogens with one attached hydrogen (secondary N) is 2. The van der Waals surface area contributed by atoms with Crippen LogP contribution in [0.2, 0.25) is 0 Å². The Kier molecular flexibility index (Phi) is 10.4. The molecule has 2 N–H and O–H groups in total. The van der Waals surface area contributed by atoms with Crippen LogP contribution in [0.1, 0.15) is 30.0 Å². The van der Waals surface area contributed by atoms with Crippen molar-refractivity contribution in [1.29, 1.82) is 0 Å².